The number of nitriles is 1. The second-order valence-electron chi connectivity index (χ2n) is 3.07. The Hall–Kier alpha value is -1.40. The Kier molecular flexibility index (Phi) is 4.09. The number of halogens is 1. The van der Waals surface area contributed by atoms with Crippen LogP contribution in [-0.2, 0) is 0 Å². The average Bonchev–Trinajstić information content (AvgIpc) is 2.21. The van der Waals surface area contributed by atoms with Crippen LogP contribution in [0.15, 0.2) is 24.3 Å². The summed E-state index contributed by atoms with van der Waals surface area (Å²) < 4.78 is 12.6. The van der Waals surface area contributed by atoms with Gasteiger partial charge < -0.3 is 0 Å². The first-order chi connectivity index (χ1) is 6.77. The van der Waals surface area contributed by atoms with E-state index in [1.54, 1.807) is 12.1 Å². The molecule has 0 aliphatic rings. The Bertz CT molecular complexity index is 313. The summed E-state index contributed by atoms with van der Waals surface area (Å²) in [4.78, 5) is 0. The summed E-state index contributed by atoms with van der Waals surface area (Å²) in [7, 11) is 0. The number of rotatable bonds is 4. The molecule has 0 aliphatic heterocycles. The second kappa shape index (κ2) is 5.36. The largest absolute Gasteiger partial charge is 0.298 e. The highest BCUT2D eigenvalue weighted by Crippen LogP contribution is 2.12. The van der Waals surface area contributed by atoms with Gasteiger partial charge in [0.1, 0.15) is 11.9 Å². The minimum Gasteiger partial charge on any atom is -0.298 e. The fourth-order valence-corrected chi connectivity index (χ4v) is 1.18. The van der Waals surface area contributed by atoms with Gasteiger partial charge in [-0.05, 0) is 30.7 Å². The zero-order chi connectivity index (χ0) is 10.4. The molecule has 0 aliphatic carbocycles. The minimum atomic E-state index is -0.337. The summed E-state index contributed by atoms with van der Waals surface area (Å²) in [5.41, 5.74) is 0.808. The monoisotopic (exact) mass is 192 g/mol. The highest BCUT2D eigenvalue weighted by atomic mass is 19.1. The van der Waals surface area contributed by atoms with Crippen molar-refractivity contribution in [2.75, 3.05) is 6.54 Å². The Morgan fingerprint density at radius 3 is 2.57 bits per heavy atom. The average molecular weight is 192 g/mol. The van der Waals surface area contributed by atoms with Crippen LogP contribution in [-0.4, -0.2) is 6.54 Å². The van der Waals surface area contributed by atoms with Gasteiger partial charge >= 0.3 is 0 Å². The van der Waals surface area contributed by atoms with Crippen LogP contribution in [0, 0.1) is 17.1 Å². The van der Waals surface area contributed by atoms with Crippen LogP contribution >= 0.6 is 0 Å². The van der Waals surface area contributed by atoms with Crippen molar-refractivity contribution >= 4 is 0 Å². The van der Waals surface area contributed by atoms with Crippen LogP contribution in [0.5, 0.6) is 0 Å². The molecule has 1 rings (SSSR count). The third-order valence-corrected chi connectivity index (χ3v) is 1.93. The van der Waals surface area contributed by atoms with Crippen molar-refractivity contribution in [3.63, 3.8) is 0 Å². The van der Waals surface area contributed by atoms with E-state index in [9.17, 15) is 4.39 Å². The molecule has 1 unspecified atom stereocenters. The number of nitrogens with zero attached hydrogens (tertiary/aromatic N) is 1. The van der Waals surface area contributed by atoms with Crippen molar-refractivity contribution < 1.29 is 4.39 Å². The van der Waals surface area contributed by atoms with E-state index < -0.39 is 0 Å². The highest BCUT2D eigenvalue weighted by Gasteiger charge is 2.08. The van der Waals surface area contributed by atoms with Crippen molar-refractivity contribution in [1.29, 1.82) is 5.26 Å². The molecule has 3 heteroatoms. The first-order valence-electron chi connectivity index (χ1n) is 4.66. The van der Waals surface area contributed by atoms with Gasteiger partial charge in [-0.3, -0.25) is 5.32 Å². The molecular formula is C11H13FN2. The van der Waals surface area contributed by atoms with Crippen LogP contribution < -0.4 is 5.32 Å². The van der Waals surface area contributed by atoms with Crippen LogP contribution in [0.25, 0.3) is 0 Å². The molecule has 0 saturated carbocycles. The second-order valence-corrected chi connectivity index (χ2v) is 3.07. The Balaban J connectivity index is 2.70. The Morgan fingerprint density at radius 1 is 1.43 bits per heavy atom. The summed E-state index contributed by atoms with van der Waals surface area (Å²) in [5.74, 6) is -0.277. The number of nitrogens with one attached hydrogen (secondary N) is 1. The first-order valence-corrected chi connectivity index (χ1v) is 4.66. The van der Waals surface area contributed by atoms with E-state index in [0.29, 0.717) is 0 Å². The maximum Gasteiger partial charge on any atom is 0.123 e. The van der Waals surface area contributed by atoms with Crippen LogP contribution in [0.4, 0.5) is 4.39 Å². The molecule has 74 valence electrons. The molecule has 0 heterocycles. The van der Waals surface area contributed by atoms with E-state index in [2.05, 4.69) is 11.4 Å². The molecular weight excluding hydrogens is 179 g/mol. The van der Waals surface area contributed by atoms with Gasteiger partial charge in [0, 0.05) is 0 Å². The molecule has 14 heavy (non-hydrogen) atoms. The Labute approximate surface area is 83.4 Å². The van der Waals surface area contributed by atoms with Gasteiger partial charge in [-0.1, -0.05) is 19.1 Å². The quantitative estimate of drug-likeness (QED) is 0.795. The van der Waals surface area contributed by atoms with Gasteiger partial charge in [-0.15, -0.1) is 0 Å². The number of hydrogen-bond acceptors (Lipinski definition) is 2. The molecule has 0 aromatic heterocycles. The molecule has 0 spiro atoms. The van der Waals surface area contributed by atoms with Gasteiger partial charge in [0.25, 0.3) is 0 Å². The summed E-state index contributed by atoms with van der Waals surface area (Å²) in [6.45, 7) is 2.82. The zero-order valence-corrected chi connectivity index (χ0v) is 8.13. The van der Waals surface area contributed by atoms with Gasteiger partial charge in [0.2, 0.25) is 0 Å². The lowest BCUT2D eigenvalue weighted by molar-refractivity contribution is 0.610. The normalized spacial score (nSPS) is 12.1. The maximum absolute atomic E-state index is 12.6. The van der Waals surface area contributed by atoms with E-state index in [-0.39, 0.29) is 11.9 Å². The summed E-state index contributed by atoms with van der Waals surface area (Å²) in [6, 6.07) is 7.80. The van der Waals surface area contributed by atoms with Gasteiger partial charge in [-0.25, -0.2) is 4.39 Å². The highest BCUT2D eigenvalue weighted by molar-refractivity contribution is 5.24. The molecule has 1 aromatic rings. The minimum absolute atomic E-state index is 0.277. The summed E-state index contributed by atoms with van der Waals surface area (Å²) >= 11 is 0. The summed E-state index contributed by atoms with van der Waals surface area (Å²) in [6.07, 6.45) is 0.972. The number of hydrogen-bond donors (Lipinski definition) is 1. The van der Waals surface area contributed by atoms with Gasteiger partial charge in [0.05, 0.1) is 6.07 Å². The van der Waals surface area contributed by atoms with Crippen molar-refractivity contribution in [3.8, 4) is 6.07 Å². The topological polar surface area (TPSA) is 35.8 Å². The van der Waals surface area contributed by atoms with E-state index in [1.165, 1.54) is 12.1 Å². The molecule has 0 saturated heterocycles. The van der Waals surface area contributed by atoms with E-state index in [4.69, 9.17) is 5.26 Å². The molecule has 2 nitrogen and oxygen atoms in total. The van der Waals surface area contributed by atoms with Gasteiger partial charge in [0.15, 0.2) is 0 Å². The maximum atomic E-state index is 12.6. The third-order valence-electron chi connectivity index (χ3n) is 1.93. The van der Waals surface area contributed by atoms with Crippen LogP contribution in [0.3, 0.4) is 0 Å². The SMILES string of the molecule is CCCNC(C#N)c1ccc(F)cc1. The van der Waals surface area contributed by atoms with Crippen molar-refractivity contribution in [1.82, 2.24) is 5.32 Å². The van der Waals surface area contributed by atoms with Gasteiger partial charge in [-0.2, -0.15) is 5.26 Å². The smallest absolute Gasteiger partial charge is 0.123 e. The van der Waals surface area contributed by atoms with Crippen LogP contribution in [0.1, 0.15) is 24.9 Å². The predicted octanol–water partition coefficient (Wildman–Crippen LogP) is 2.39. The standard InChI is InChI=1S/C11H13FN2/c1-2-7-14-11(8-13)9-3-5-10(12)6-4-9/h3-6,11,14H,2,7H2,1H3. The van der Waals surface area contributed by atoms with E-state index >= 15 is 0 Å². The molecule has 0 amide bonds. The fraction of sp³-hybridized carbons (Fsp3) is 0.364. The molecule has 0 bridgehead atoms. The van der Waals surface area contributed by atoms with Crippen LogP contribution in [0.2, 0.25) is 0 Å². The molecule has 1 aromatic carbocycles. The molecule has 0 fully saturated rings. The third kappa shape index (κ3) is 2.82. The first kappa shape index (κ1) is 10.7. The molecule has 1 atom stereocenters. The lowest BCUT2D eigenvalue weighted by Gasteiger charge is -2.10. The molecule has 0 radical (unpaired) electrons. The van der Waals surface area contributed by atoms with Crippen molar-refractivity contribution in [2.45, 2.75) is 19.4 Å². The summed E-state index contributed by atoms with van der Waals surface area (Å²) in [5, 5.41) is 11.9. The Morgan fingerprint density at radius 2 is 2.07 bits per heavy atom. The zero-order valence-electron chi connectivity index (χ0n) is 8.13. The molecule has 1 N–H and O–H groups in total. The predicted molar refractivity (Wildman–Crippen MR) is 53.0 cm³/mol. The fourth-order valence-electron chi connectivity index (χ4n) is 1.18. The van der Waals surface area contributed by atoms with E-state index in [0.717, 1.165) is 18.5 Å². The van der Waals surface area contributed by atoms with Crippen molar-refractivity contribution in [3.05, 3.63) is 35.6 Å². The lowest BCUT2D eigenvalue weighted by Crippen LogP contribution is -2.20. The lowest BCUT2D eigenvalue weighted by atomic mass is 10.1. The van der Waals surface area contributed by atoms with E-state index in [1.807, 2.05) is 6.92 Å². The number of benzene rings is 1. The van der Waals surface area contributed by atoms with Crippen molar-refractivity contribution in [2.24, 2.45) is 0 Å².